The largest absolute Gasteiger partial charge is 0.374 e. The van der Waals surface area contributed by atoms with E-state index in [-0.39, 0.29) is 18.3 Å². The Morgan fingerprint density at radius 2 is 1.83 bits per heavy atom. The lowest BCUT2D eigenvalue weighted by Gasteiger charge is -2.09. The minimum atomic E-state index is -0.254. The van der Waals surface area contributed by atoms with Crippen LogP contribution in [0, 0.1) is 5.82 Å². The van der Waals surface area contributed by atoms with Gasteiger partial charge in [-0.05, 0) is 36.2 Å². The lowest BCUT2D eigenvalue weighted by atomic mass is 10.1. The third-order valence-corrected chi connectivity index (χ3v) is 3.72. The Morgan fingerprint density at radius 1 is 1.04 bits per heavy atom. The van der Waals surface area contributed by atoms with Crippen LogP contribution in [0.4, 0.5) is 10.1 Å². The van der Waals surface area contributed by atoms with Gasteiger partial charge in [0.1, 0.15) is 5.82 Å². The third kappa shape index (κ3) is 4.07. The molecule has 122 valence electrons. The number of anilines is 1. The van der Waals surface area contributed by atoms with Crippen LogP contribution in [0.2, 0.25) is 0 Å². The molecule has 0 bridgehead atoms. The van der Waals surface area contributed by atoms with Gasteiger partial charge in [-0.3, -0.25) is 9.78 Å². The quantitative estimate of drug-likeness (QED) is 0.733. The number of nitrogens with one attached hydrogen (secondary N) is 2. The molecule has 4 nitrogen and oxygen atoms in total. The van der Waals surface area contributed by atoms with Gasteiger partial charge in [0.05, 0.1) is 17.7 Å². The first-order chi connectivity index (χ1) is 11.7. The Kier molecular flexibility index (Phi) is 5.01. The normalized spacial score (nSPS) is 10.5. The van der Waals surface area contributed by atoms with E-state index in [4.69, 9.17) is 0 Å². The number of nitrogens with zero attached hydrogens (tertiary/aromatic N) is 1. The van der Waals surface area contributed by atoms with Gasteiger partial charge in [-0.1, -0.05) is 30.3 Å². The molecule has 1 heterocycles. The molecule has 0 aliphatic heterocycles. The van der Waals surface area contributed by atoms with Crippen molar-refractivity contribution in [1.29, 1.82) is 0 Å². The molecule has 0 saturated heterocycles. The van der Waals surface area contributed by atoms with E-state index in [9.17, 15) is 9.18 Å². The fraction of sp³-hybridized carbons (Fsp3) is 0.158. The Labute approximate surface area is 139 Å². The Balaban J connectivity index is 1.49. The van der Waals surface area contributed by atoms with Gasteiger partial charge in [-0.25, -0.2) is 4.39 Å². The highest BCUT2D eigenvalue weighted by atomic mass is 19.1. The Morgan fingerprint density at radius 3 is 2.67 bits per heavy atom. The van der Waals surface area contributed by atoms with Crippen LogP contribution in [-0.4, -0.2) is 24.0 Å². The standard InChI is InChI=1S/C19H18FN3O/c20-16-8-6-14(7-9-16)10-12-21-18(24)13-23-17-5-1-3-15-4-2-11-22-19(15)17/h1-9,11,23H,10,12-13H2,(H,21,24). The van der Waals surface area contributed by atoms with E-state index in [2.05, 4.69) is 15.6 Å². The van der Waals surface area contributed by atoms with Crippen molar-refractivity contribution in [3.63, 3.8) is 0 Å². The summed E-state index contributed by atoms with van der Waals surface area (Å²) < 4.78 is 12.8. The summed E-state index contributed by atoms with van der Waals surface area (Å²) in [4.78, 5) is 16.3. The van der Waals surface area contributed by atoms with Crippen molar-refractivity contribution in [2.24, 2.45) is 0 Å². The molecule has 1 aromatic heterocycles. The van der Waals surface area contributed by atoms with Crippen molar-refractivity contribution in [2.45, 2.75) is 6.42 Å². The van der Waals surface area contributed by atoms with Gasteiger partial charge in [0, 0.05) is 18.1 Å². The van der Waals surface area contributed by atoms with Crippen molar-refractivity contribution in [1.82, 2.24) is 10.3 Å². The lowest BCUT2D eigenvalue weighted by molar-refractivity contribution is -0.119. The van der Waals surface area contributed by atoms with Crippen molar-refractivity contribution >= 4 is 22.5 Å². The number of aromatic nitrogens is 1. The van der Waals surface area contributed by atoms with Gasteiger partial charge in [-0.2, -0.15) is 0 Å². The van der Waals surface area contributed by atoms with Crippen LogP contribution in [0.25, 0.3) is 10.9 Å². The second-order valence-corrected chi connectivity index (χ2v) is 5.46. The van der Waals surface area contributed by atoms with E-state index >= 15 is 0 Å². The van der Waals surface area contributed by atoms with Crippen molar-refractivity contribution in [3.05, 3.63) is 72.2 Å². The smallest absolute Gasteiger partial charge is 0.239 e. The Hall–Kier alpha value is -2.95. The highest BCUT2D eigenvalue weighted by molar-refractivity contribution is 5.92. The van der Waals surface area contributed by atoms with Crippen LogP contribution in [-0.2, 0) is 11.2 Å². The first-order valence-electron chi connectivity index (χ1n) is 7.81. The van der Waals surface area contributed by atoms with Gasteiger partial charge >= 0.3 is 0 Å². The summed E-state index contributed by atoms with van der Waals surface area (Å²) in [5.74, 6) is -0.347. The predicted molar refractivity (Wildman–Crippen MR) is 93.3 cm³/mol. The summed E-state index contributed by atoms with van der Waals surface area (Å²) in [6, 6.07) is 16.0. The third-order valence-electron chi connectivity index (χ3n) is 3.72. The maximum atomic E-state index is 12.8. The van der Waals surface area contributed by atoms with Crippen LogP contribution in [0.1, 0.15) is 5.56 Å². The van der Waals surface area contributed by atoms with Crippen molar-refractivity contribution in [3.8, 4) is 0 Å². The zero-order chi connectivity index (χ0) is 16.8. The minimum absolute atomic E-state index is 0.0926. The molecule has 0 aliphatic rings. The number of carbonyl (C=O) groups excluding carboxylic acids is 1. The molecule has 0 fully saturated rings. The van der Waals surface area contributed by atoms with Crippen molar-refractivity contribution < 1.29 is 9.18 Å². The van der Waals surface area contributed by atoms with E-state index < -0.39 is 0 Å². The van der Waals surface area contributed by atoms with E-state index in [1.807, 2.05) is 30.3 Å². The molecule has 0 saturated carbocycles. The van der Waals surface area contributed by atoms with Gasteiger partial charge in [0.2, 0.25) is 5.91 Å². The zero-order valence-corrected chi connectivity index (χ0v) is 13.1. The van der Waals surface area contributed by atoms with Gasteiger partial charge in [0.15, 0.2) is 0 Å². The number of halogens is 1. The highest BCUT2D eigenvalue weighted by Crippen LogP contribution is 2.20. The highest BCUT2D eigenvalue weighted by Gasteiger charge is 2.04. The second-order valence-electron chi connectivity index (χ2n) is 5.46. The molecule has 0 aliphatic carbocycles. The summed E-state index contributed by atoms with van der Waals surface area (Å²) in [5.41, 5.74) is 2.67. The summed E-state index contributed by atoms with van der Waals surface area (Å²) in [6.07, 6.45) is 2.40. The number of pyridine rings is 1. The summed E-state index contributed by atoms with van der Waals surface area (Å²) in [5, 5.41) is 6.99. The summed E-state index contributed by atoms with van der Waals surface area (Å²) >= 11 is 0. The van der Waals surface area contributed by atoms with Gasteiger partial charge in [-0.15, -0.1) is 0 Å². The number of hydrogen-bond acceptors (Lipinski definition) is 3. The molecule has 3 rings (SSSR count). The fourth-order valence-corrected chi connectivity index (χ4v) is 2.48. The number of hydrogen-bond donors (Lipinski definition) is 2. The molecule has 2 aromatic carbocycles. The number of benzene rings is 2. The molecule has 3 aromatic rings. The molecule has 0 unspecified atom stereocenters. The van der Waals surface area contributed by atoms with Crippen LogP contribution in [0.5, 0.6) is 0 Å². The fourth-order valence-electron chi connectivity index (χ4n) is 2.48. The molecule has 0 atom stereocenters. The molecule has 1 amide bonds. The Bertz CT molecular complexity index is 828. The first kappa shape index (κ1) is 15.9. The number of carbonyl (C=O) groups is 1. The lowest BCUT2D eigenvalue weighted by Crippen LogP contribution is -2.31. The maximum absolute atomic E-state index is 12.8. The van der Waals surface area contributed by atoms with E-state index in [1.165, 1.54) is 12.1 Å². The maximum Gasteiger partial charge on any atom is 0.239 e. The van der Waals surface area contributed by atoms with Crippen LogP contribution < -0.4 is 10.6 Å². The molecule has 0 radical (unpaired) electrons. The number of rotatable bonds is 6. The number of amides is 1. The summed E-state index contributed by atoms with van der Waals surface area (Å²) in [7, 11) is 0. The molecule has 2 N–H and O–H groups in total. The monoisotopic (exact) mass is 323 g/mol. The molecular formula is C19H18FN3O. The topological polar surface area (TPSA) is 54.0 Å². The molecule has 0 spiro atoms. The number of fused-ring (bicyclic) bond motifs is 1. The first-order valence-corrected chi connectivity index (χ1v) is 7.81. The molecule has 24 heavy (non-hydrogen) atoms. The van der Waals surface area contributed by atoms with Gasteiger partial charge in [0.25, 0.3) is 0 Å². The van der Waals surface area contributed by atoms with Crippen LogP contribution in [0.3, 0.4) is 0 Å². The second kappa shape index (κ2) is 7.55. The summed E-state index contributed by atoms with van der Waals surface area (Å²) in [6.45, 7) is 0.693. The van der Waals surface area contributed by atoms with Gasteiger partial charge < -0.3 is 10.6 Å². The molecular weight excluding hydrogens is 305 g/mol. The SMILES string of the molecule is O=C(CNc1cccc2cccnc12)NCCc1ccc(F)cc1. The average Bonchev–Trinajstić information content (AvgIpc) is 2.61. The van der Waals surface area contributed by atoms with Crippen molar-refractivity contribution in [2.75, 3.05) is 18.4 Å². The number of para-hydroxylation sites is 1. The zero-order valence-electron chi connectivity index (χ0n) is 13.1. The molecule has 5 heteroatoms. The average molecular weight is 323 g/mol. The van der Waals surface area contributed by atoms with E-state index in [1.54, 1.807) is 18.3 Å². The predicted octanol–water partition coefficient (Wildman–Crippen LogP) is 3.14. The minimum Gasteiger partial charge on any atom is -0.374 e. The van der Waals surface area contributed by atoms with E-state index in [0.717, 1.165) is 22.2 Å². The van der Waals surface area contributed by atoms with Crippen LogP contribution >= 0.6 is 0 Å². The van der Waals surface area contributed by atoms with E-state index in [0.29, 0.717) is 13.0 Å². The van der Waals surface area contributed by atoms with Crippen LogP contribution in [0.15, 0.2) is 60.8 Å².